The van der Waals surface area contributed by atoms with Crippen molar-refractivity contribution in [3.05, 3.63) is 33.8 Å². The van der Waals surface area contributed by atoms with Gasteiger partial charge in [0.15, 0.2) is 0 Å². The fraction of sp³-hybridized carbons (Fsp3) is 0.571. The van der Waals surface area contributed by atoms with Gasteiger partial charge in [0.05, 0.1) is 6.10 Å². The highest BCUT2D eigenvalue weighted by Gasteiger charge is 2.37. The molecule has 1 fully saturated rings. The smallest absolute Gasteiger partial charge is 0.0650 e. The normalized spacial score (nSPS) is 20.5. The van der Waals surface area contributed by atoms with Crippen LogP contribution in [-0.4, -0.2) is 17.8 Å². The largest absolute Gasteiger partial charge is 0.392 e. The van der Waals surface area contributed by atoms with Crippen LogP contribution in [0.4, 0.5) is 0 Å². The number of halogens is 2. The Balaban J connectivity index is 2.26. The van der Waals surface area contributed by atoms with Crippen LogP contribution in [0.5, 0.6) is 0 Å². The molecule has 0 heterocycles. The summed E-state index contributed by atoms with van der Waals surface area (Å²) in [4.78, 5) is 0. The van der Waals surface area contributed by atoms with E-state index in [4.69, 9.17) is 28.9 Å². The Morgan fingerprint density at radius 2 is 1.89 bits per heavy atom. The Bertz CT molecular complexity index is 400. The van der Waals surface area contributed by atoms with Gasteiger partial charge in [0, 0.05) is 22.5 Å². The molecule has 1 saturated carbocycles. The Kier molecular flexibility index (Phi) is 4.54. The molecular formula is C14H19Cl2NO. The number of aliphatic hydroxyl groups excluding tert-OH is 1. The van der Waals surface area contributed by atoms with Crippen LogP contribution in [0.25, 0.3) is 0 Å². The molecule has 18 heavy (non-hydrogen) atoms. The summed E-state index contributed by atoms with van der Waals surface area (Å²) in [7, 11) is 0. The van der Waals surface area contributed by atoms with Crippen LogP contribution in [0.2, 0.25) is 10.0 Å². The lowest BCUT2D eigenvalue weighted by atomic mass is 9.84. The molecule has 0 spiro atoms. The van der Waals surface area contributed by atoms with Gasteiger partial charge in [-0.05, 0) is 42.4 Å². The van der Waals surface area contributed by atoms with Crippen molar-refractivity contribution >= 4 is 23.2 Å². The zero-order valence-electron chi connectivity index (χ0n) is 10.4. The molecule has 1 aliphatic carbocycles. The molecule has 1 aromatic rings. The first-order valence-corrected chi connectivity index (χ1v) is 7.14. The first-order valence-electron chi connectivity index (χ1n) is 6.38. The zero-order chi connectivity index (χ0) is 13.3. The Morgan fingerprint density at radius 1 is 1.33 bits per heavy atom. The second kappa shape index (κ2) is 5.79. The van der Waals surface area contributed by atoms with Gasteiger partial charge < -0.3 is 10.8 Å². The van der Waals surface area contributed by atoms with Crippen molar-refractivity contribution in [3.63, 3.8) is 0 Å². The highest BCUT2D eigenvalue weighted by molar-refractivity contribution is 6.36. The van der Waals surface area contributed by atoms with Crippen LogP contribution < -0.4 is 5.73 Å². The van der Waals surface area contributed by atoms with Crippen LogP contribution in [0.15, 0.2) is 18.2 Å². The number of rotatable bonds is 5. The monoisotopic (exact) mass is 287 g/mol. The second-order valence-electron chi connectivity index (χ2n) is 5.16. The van der Waals surface area contributed by atoms with Crippen LogP contribution in [0, 0.1) is 11.8 Å². The van der Waals surface area contributed by atoms with Crippen LogP contribution in [0.3, 0.4) is 0 Å². The topological polar surface area (TPSA) is 46.2 Å². The van der Waals surface area contributed by atoms with Gasteiger partial charge in [-0.3, -0.25) is 0 Å². The van der Waals surface area contributed by atoms with E-state index in [1.54, 1.807) is 18.2 Å². The summed E-state index contributed by atoms with van der Waals surface area (Å²) in [5, 5.41) is 11.7. The molecule has 2 nitrogen and oxygen atoms in total. The fourth-order valence-corrected chi connectivity index (χ4v) is 3.24. The summed E-state index contributed by atoms with van der Waals surface area (Å²) in [5.41, 5.74) is 6.61. The highest BCUT2D eigenvalue weighted by atomic mass is 35.5. The predicted octanol–water partition coefficient (Wildman–Crippen LogP) is 3.44. The number of hydrogen-bond donors (Lipinski definition) is 2. The van der Waals surface area contributed by atoms with E-state index < -0.39 is 6.10 Å². The number of benzene rings is 1. The van der Waals surface area contributed by atoms with E-state index in [2.05, 4.69) is 6.92 Å². The molecule has 0 aliphatic heterocycles. The standard InChI is InChI=1S/C14H19Cl2NO/c1-8(9-5-6-9)14(18)10(7-17)13-11(15)3-2-4-12(13)16/h2-4,8-10,14,18H,5-7,17H2,1H3. The predicted molar refractivity (Wildman–Crippen MR) is 76.2 cm³/mol. The van der Waals surface area contributed by atoms with E-state index in [0.717, 1.165) is 5.56 Å². The molecule has 1 aromatic carbocycles. The lowest BCUT2D eigenvalue weighted by Crippen LogP contribution is -2.32. The summed E-state index contributed by atoms with van der Waals surface area (Å²) >= 11 is 12.4. The summed E-state index contributed by atoms with van der Waals surface area (Å²) < 4.78 is 0. The van der Waals surface area contributed by atoms with Crippen molar-refractivity contribution in [2.45, 2.75) is 31.8 Å². The van der Waals surface area contributed by atoms with E-state index in [-0.39, 0.29) is 11.8 Å². The molecule has 0 aromatic heterocycles. The minimum absolute atomic E-state index is 0.193. The van der Waals surface area contributed by atoms with E-state index in [1.165, 1.54) is 12.8 Å². The average Bonchev–Trinajstić information content (AvgIpc) is 3.16. The maximum absolute atomic E-state index is 10.5. The highest BCUT2D eigenvalue weighted by Crippen LogP contribution is 2.43. The van der Waals surface area contributed by atoms with Gasteiger partial charge in [0.2, 0.25) is 0 Å². The van der Waals surface area contributed by atoms with Gasteiger partial charge in [-0.1, -0.05) is 36.2 Å². The molecular weight excluding hydrogens is 269 g/mol. The van der Waals surface area contributed by atoms with E-state index in [9.17, 15) is 5.11 Å². The maximum Gasteiger partial charge on any atom is 0.0650 e. The summed E-state index contributed by atoms with van der Waals surface area (Å²) in [6.07, 6.45) is 1.91. The third-order valence-corrected chi connectivity index (χ3v) is 4.60. The molecule has 3 unspecified atom stereocenters. The second-order valence-corrected chi connectivity index (χ2v) is 5.98. The molecule has 3 atom stereocenters. The third kappa shape index (κ3) is 2.83. The molecule has 2 rings (SSSR count). The van der Waals surface area contributed by atoms with E-state index >= 15 is 0 Å². The van der Waals surface area contributed by atoms with Crippen LogP contribution in [-0.2, 0) is 0 Å². The van der Waals surface area contributed by atoms with Crippen molar-refractivity contribution in [1.82, 2.24) is 0 Å². The van der Waals surface area contributed by atoms with Gasteiger partial charge in [0.1, 0.15) is 0 Å². The van der Waals surface area contributed by atoms with Gasteiger partial charge >= 0.3 is 0 Å². The van der Waals surface area contributed by atoms with Crippen molar-refractivity contribution < 1.29 is 5.11 Å². The lowest BCUT2D eigenvalue weighted by Gasteiger charge is -2.28. The van der Waals surface area contributed by atoms with Crippen LogP contribution >= 0.6 is 23.2 Å². The third-order valence-electron chi connectivity index (χ3n) is 3.94. The summed E-state index contributed by atoms with van der Waals surface area (Å²) in [6.45, 7) is 2.43. The zero-order valence-corrected chi connectivity index (χ0v) is 12.0. The molecule has 3 N–H and O–H groups in total. The molecule has 100 valence electrons. The first kappa shape index (κ1) is 14.1. The number of hydrogen-bond acceptors (Lipinski definition) is 2. The minimum Gasteiger partial charge on any atom is -0.392 e. The summed E-state index contributed by atoms with van der Waals surface area (Å²) in [6, 6.07) is 5.39. The molecule has 0 amide bonds. The number of aliphatic hydroxyl groups is 1. The van der Waals surface area contributed by atoms with Crippen molar-refractivity contribution in [1.29, 1.82) is 0 Å². The Hall–Kier alpha value is -0.280. The molecule has 0 saturated heterocycles. The van der Waals surface area contributed by atoms with E-state index in [1.807, 2.05) is 0 Å². The van der Waals surface area contributed by atoms with Gasteiger partial charge in [-0.25, -0.2) is 0 Å². The first-order chi connectivity index (χ1) is 8.56. The average molecular weight is 288 g/mol. The maximum atomic E-state index is 10.5. The van der Waals surface area contributed by atoms with Crippen molar-refractivity contribution in [2.24, 2.45) is 17.6 Å². The van der Waals surface area contributed by atoms with Gasteiger partial charge in [0.25, 0.3) is 0 Å². The summed E-state index contributed by atoms with van der Waals surface area (Å²) in [5.74, 6) is 0.669. The van der Waals surface area contributed by atoms with Crippen LogP contribution in [0.1, 0.15) is 31.2 Å². The Labute approximate surface area is 118 Å². The molecule has 0 bridgehead atoms. The van der Waals surface area contributed by atoms with Gasteiger partial charge in [-0.15, -0.1) is 0 Å². The molecule has 4 heteroatoms. The van der Waals surface area contributed by atoms with Crippen molar-refractivity contribution in [2.75, 3.05) is 6.54 Å². The molecule has 0 radical (unpaired) electrons. The lowest BCUT2D eigenvalue weighted by molar-refractivity contribution is 0.0801. The van der Waals surface area contributed by atoms with Gasteiger partial charge in [-0.2, -0.15) is 0 Å². The van der Waals surface area contributed by atoms with E-state index in [0.29, 0.717) is 22.5 Å². The number of nitrogens with two attached hydrogens (primary N) is 1. The molecule has 1 aliphatic rings. The van der Waals surface area contributed by atoms with Crippen molar-refractivity contribution in [3.8, 4) is 0 Å². The minimum atomic E-state index is -0.486. The Morgan fingerprint density at radius 3 is 2.33 bits per heavy atom. The SMILES string of the molecule is CC(C1CC1)C(O)C(CN)c1c(Cl)cccc1Cl. The fourth-order valence-electron chi connectivity index (χ4n) is 2.56. The quantitative estimate of drug-likeness (QED) is 0.871.